The predicted octanol–water partition coefficient (Wildman–Crippen LogP) is 0.238. The number of carboxylic acids is 1. The van der Waals surface area contributed by atoms with Gasteiger partial charge in [0, 0.05) is 6.54 Å². The molecule has 1 fully saturated rings. The molecule has 1 rings (SSSR count). The Morgan fingerprint density at radius 1 is 1.57 bits per heavy atom. The van der Waals surface area contributed by atoms with Crippen LogP contribution in [0.3, 0.4) is 0 Å². The minimum Gasteiger partial charge on any atom is -0.481 e. The molecule has 0 radical (unpaired) electrons. The van der Waals surface area contributed by atoms with Crippen molar-refractivity contribution in [1.29, 1.82) is 0 Å². The van der Waals surface area contributed by atoms with Crippen LogP contribution in [0.5, 0.6) is 0 Å². The van der Waals surface area contributed by atoms with E-state index in [1.54, 1.807) is 0 Å². The van der Waals surface area contributed by atoms with Crippen LogP contribution < -0.4 is 5.32 Å². The minimum absolute atomic E-state index is 0.154. The predicted molar refractivity (Wildman–Crippen MR) is 39.8 cm³/mol. The van der Waals surface area contributed by atoms with Crippen LogP contribution in [0, 0.1) is 5.92 Å². The molecule has 1 aliphatic heterocycles. The second-order valence-electron chi connectivity index (χ2n) is 3.08. The highest BCUT2D eigenvalue weighted by Gasteiger charge is 2.45. The summed E-state index contributed by atoms with van der Waals surface area (Å²) in [5, 5.41) is 10.8. The van der Waals surface area contributed by atoms with Gasteiger partial charge < -0.3 is 15.2 Å². The Hall–Kier alpha value is -0.820. The van der Waals surface area contributed by atoms with E-state index in [1.165, 1.54) is 0 Å². The summed E-state index contributed by atoms with van der Waals surface area (Å²) in [6, 6.07) is -0.154. The number of hydrogen-bond donors (Lipinski definition) is 2. The molecule has 0 aliphatic carbocycles. The van der Waals surface area contributed by atoms with Crippen LogP contribution in [0.15, 0.2) is 0 Å². The lowest BCUT2D eigenvalue weighted by molar-refractivity contribution is -0.193. The lowest BCUT2D eigenvalue weighted by Gasteiger charge is -2.28. The summed E-state index contributed by atoms with van der Waals surface area (Å²) in [7, 11) is 0. The highest BCUT2D eigenvalue weighted by atomic mass is 19.4. The zero-order chi connectivity index (χ0) is 10.8. The van der Waals surface area contributed by atoms with Crippen molar-refractivity contribution < 1.29 is 27.8 Å². The topological polar surface area (TPSA) is 58.6 Å². The maximum atomic E-state index is 12.1. The van der Waals surface area contributed by atoms with Crippen LogP contribution in [0.1, 0.15) is 0 Å². The number of hydrogen-bond acceptors (Lipinski definition) is 3. The number of alkyl halides is 3. The summed E-state index contributed by atoms with van der Waals surface area (Å²) in [5.74, 6) is -4.20. The molecule has 1 unspecified atom stereocenters. The second-order valence-corrected chi connectivity index (χ2v) is 3.08. The third-order valence-electron chi connectivity index (χ3n) is 1.94. The molecule has 1 atom stereocenters. The van der Waals surface area contributed by atoms with Crippen LogP contribution in [0.25, 0.3) is 0 Å². The molecular formula is C7H10F3NO3. The Kier molecular flexibility index (Phi) is 3.33. The van der Waals surface area contributed by atoms with Gasteiger partial charge in [-0.3, -0.25) is 4.79 Å². The first-order chi connectivity index (χ1) is 6.41. The number of halogens is 3. The summed E-state index contributed by atoms with van der Waals surface area (Å²) in [6.07, 6.45) is -4.70. The molecule has 82 valence electrons. The Balaban J connectivity index is 2.39. The average molecular weight is 213 g/mol. The smallest absolute Gasteiger partial charge is 0.403 e. The van der Waals surface area contributed by atoms with E-state index in [9.17, 15) is 18.0 Å². The molecule has 1 heterocycles. The van der Waals surface area contributed by atoms with Crippen molar-refractivity contribution in [2.75, 3.05) is 19.8 Å². The van der Waals surface area contributed by atoms with Gasteiger partial charge in [0.2, 0.25) is 0 Å². The molecule has 4 nitrogen and oxygen atoms in total. The molecule has 0 amide bonds. The monoisotopic (exact) mass is 213 g/mol. The summed E-state index contributed by atoms with van der Waals surface area (Å²) >= 11 is 0. The van der Waals surface area contributed by atoms with E-state index in [2.05, 4.69) is 5.32 Å². The van der Waals surface area contributed by atoms with Gasteiger partial charge in [-0.25, -0.2) is 0 Å². The summed E-state index contributed by atoms with van der Waals surface area (Å²) in [4.78, 5) is 10.3. The molecule has 0 aromatic rings. The van der Waals surface area contributed by atoms with Crippen molar-refractivity contribution in [2.24, 2.45) is 5.92 Å². The third-order valence-corrected chi connectivity index (χ3v) is 1.94. The second kappa shape index (κ2) is 4.14. The molecular weight excluding hydrogens is 203 g/mol. The van der Waals surface area contributed by atoms with Crippen molar-refractivity contribution >= 4 is 5.97 Å². The van der Waals surface area contributed by atoms with Crippen LogP contribution in [-0.2, 0) is 9.53 Å². The molecule has 0 aromatic heterocycles. The van der Waals surface area contributed by atoms with Crippen molar-refractivity contribution in [3.63, 3.8) is 0 Å². The number of nitrogens with one attached hydrogen (secondary N) is 1. The standard InChI is InChI=1S/C7H10F3NO3/c8-7(9,10)5(6(12)13)1-11-4-2-14-3-4/h4-5,11H,1-3H2,(H,12,13). The molecule has 0 saturated carbocycles. The van der Waals surface area contributed by atoms with E-state index in [0.29, 0.717) is 13.2 Å². The van der Waals surface area contributed by atoms with Crippen LogP contribution in [0.4, 0.5) is 13.2 Å². The van der Waals surface area contributed by atoms with Gasteiger partial charge in [0.1, 0.15) is 0 Å². The van der Waals surface area contributed by atoms with Gasteiger partial charge in [0.15, 0.2) is 5.92 Å². The largest absolute Gasteiger partial charge is 0.481 e. The van der Waals surface area contributed by atoms with Crippen molar-refractivity contribution in [2.45, 2.75) is 12.2 Å². The molecule has 1 saturated heterocycles. The van der Waals surface area contributed by atoms with Crippen LogP contribution >= 0.6 is 0 Å². The Morgan fingerprint density at radius 3 is 2.43 bits per heavy atom. The van der Waals surface area contributed by atoms with E-state index < -0.39 is 24.6 Å². The van der Waals surface area contributed by atoms with Gasteiger partial charge in [0.25, 0.3) is 0 Å². The number of rotatable bonds is 4. The van der Waals surface area contributed by atoms with E-state index in [-0.39, 0.29) is 6.04 Å². The van der Waals surface area contributed by atoms with Gasteiger partial charge in [-0.1, -0.05) is 0 Å². The van der Waals surface area contributed by atoms with Crippen molar-refractivity contribution in [3.05, 3.63) is 0 Å². The van der Waals surface area contributed by atoms with E-state index in [0.717, 1.165) is 0 Å². The maximum absolute atomic E-state index is 12.1. The van der Waals surface area contributed by atoms with Gasteiger partial charge in [0.05, 0.1) is 19.3 Å². The normalized spacial score (nSPS) is 20.2. The fourth-order valence-electron chi connectivity index (χ4n) is 0.981. The van der Waals surface area contributed by atoms with Crippen molar-refractivity contribution in [3.8, 4) is 0 Å². The fraction of sp³-hybridized carbons (Fsp3) is 0.857. The lowest BCUT2D eigenvalue weighted by Crippen LogP contribution is -2.50. The molecule has 2 N–H and O–H groups in total. The van der Waals surface area contributed by atoms with Crippen molar-refractivity contribution in [1.82, 2.24) is 5.32 Å². The Labute approximate surface area is 78.0 Å². The number of carbonyl (C=O) groups is 1. The van der Waals surface area contributed by atoms with Gasteiger partial charge >= 0.3 is 12.1 Å². The molecule has 0 bridgehead atoms. The lowest BCUT2D eigenvalue weighted by atomic mass is 10.1. The summed E-state index contributed by atoms with van der Waals surface area (Å²) in [6.45, 7) is 0.0707. The van der Waals surface area contributed by atoms with E-state index in [1.807, 2.05) is 0 Å². The van der Waals surface area contributed by atoms with Crippen LogP contribution in [-0.4, -0.2) is 43.1 Å². The quantitative estimate of drug-likeness (QED) is 0.702. The van der Waals surface area contributed by atoms with Gasteiger partial charge in [-0.15, -0.1) is 0 Å². The van der Waals surface area contributed by atoms with Gasteiger partial charge in [-0.2, -0.15) is 13.2 Å². The Morgan fingerprint density at radius 2 is 2.14 bits per heavy atom. The first-order valence-corrected chi connectivity index (χ1v) is 4.02. The van der Waals surface area contributed by atoms with E-state index >= 15 is 0 Å². The molecule has 1 aliphatic rings. The number of carboxylic acid groups (broad SMARTS) is 1. The average Bonchev–Trinajstić information content (AvgIpc) is 1.90. The SMILES string of the molecule is O=C(O)C(CNC1COC1)C(F)(F)F. The molecule has 7 heteroatoms. The first kappa shape index (κ1) is 11.3. The summed E-state index contributed by atoms with van der Waals surface area (Å²) < 4.78 is 41.0. The maximum Gasteiger partial charge on any atom is 0.403 e. The highest BCUT2D eigenvalue weighted by molar-refractivity contribution is 5.71. The molecule has 14 heavy (non-hydrogen) atoms. The highest BCUT2D eigenvalue weighted by Crippen LogP contribution is 2.26. The Bertz CT molecular complexity index is 215. The molecule has 0 spiro atoms. The zero-order valence-corrected chi connectivity index (χ0v) is 7.17. The number of aliphatic carboxylic acids is 1. The van der Waals surface area contributed by atoms with Gasteiger partial charge in [-0.05, 0) is 0 Å². The number of ether oxygens (including phenoxy) is 1. The minimum atomic E-state index is -4.70. The molecule has 0 aromatic carbocycles. The summed E-state index contributed by atoms with van der Waals surface area (Å²) in [5.41, 5.74) is 0. The first-order valence-electron chi connectivity index (χ1n) is 4.02. The fourth-order valence-corrected chi connectivity index (χ4v) is 0.981. The zero-order valence-electron chi connectivity index (χ0n) is 7.17. The van der Waals surface area contributed by atoms with E-state index in [4.69, 9.17) is 9.84 Å². The third kappa shape index (κ3) is 2.85. The van der Waals surface area contributed by atoms with Crippen LogP contribution in [0.2, 0.25) is 0 Å².